The van der Waals surface area contributed by atoms with E-state index < -0.39 is 0 Å². The van der Waals surface area contributed by atoms with Gasteiger partial charge in [-0.3, -0.25) is 9.69 Å². The number of rotatable bonds is 11. The fraction of sp³-hybridized carbons (Fsp3) is 0.387. The van der Waals surface area contributed by atoms with Gasteiger partial charge in [0.1, 0.15) is 6.61 Å². The third kappa shape index (κ3) is 7.16. The van der Waals surface area contributed by atoms with Crippen LogP contribution in [0.15, 0.2) is 88.7 Å². The molecule has 1 saturated heterocycles. The lowest BCUT2D eigenvalue weighted by Gasteiger charge is -2.36. The maximum absolute atomic E-state index is 12.1. The third-order valence-electron chi connectivity index (χ3n) is 7.21. The van der Waals surface area contributed by atoms with Gasteiger partial charge in [-0.1, -0.05) is 66.4 Å². The molecule has 0 radical (unpaired) electrons. The van der Waals surface area contributed by atoms with E-state index in [0.29, 0.717) is 13.0 Å². The van der Waals surface area contributed by atoms with Crippen molar-refractivity contribution < 1.29 is 9.53 Å². The Bertz CT molecular complexity index is 1100. The molecule has 3 aromatic carbocycles. The fourth-order valence-corrected chi connectivity index (χ4v) is 6.25. The van der Waals surface area contributed by atoms with E-state index in [0.717, 1.165) is 65.1 Å². The van der Waals surface area contributed by atoms with Crippen LogP contribution >= 0.6 is 11.8 Å². The molecule has 0 amide bonds. The molecule has 0 saturated carbocycles. The maximum atomic E-state index is 12.1. The molecule has 6 heteroatoms. The average Bonchev–Trinajstić information content (AvgIpc) is 2.94. The van der Waals surface area contributed by atoms with Crippen molar-refractivity contribution in [3.63, 3.8) is 0 Å². The van der Waals surface area contributed by atoms with Gasteiger partial charge in [0, 0.05) is 55.5 Å². The minimum atomic E-state index is -0.0752. The topological polar surface area (TPSA) is 36.0 Å². The second-order valence-corrected chi connectivity index (χ2v) is 10.9. The molecular formula is C31H37N3O2S. The van der Waals surface area contributed by atoms with E-state index in [1.807, 2.05) is 30.0 Å². The highest BCUT2D eigenvalue weighted by Gasteiger charge is 2.23. The van der Waals surface area contributed by atoms with Crippen molar-refractivity contribution in [2.75, 3.05) is 57.3 Å². The van der Waals surface area contributed by atoms with Gasteiger partial charge in [0.2, 0.25) is 0 Å². The molecule has 194 valence electrons. The van der Waals surface area contributed by atoms with E-state index >= 15 is 0 Å². The Morgan fingerprint density at radius 1 is 0.703 bits per heavy atom. The minimum Gasteiger partial charge on any atom is -0.464 e. The van der Waals surface area contributed by atoms with Crippen LogP contribution in [0.1, 0.15) is 24.8 Å². The molecule has 0 atom stereocenters. The Balaban J connectivity index is 0.982. The van der Waals surface area contributed by atoms with Gasteiger partial charge >= 0.3 is 5.97 Å². The molecule has 0 bridgehead atoms. The van der Waals surface area contributed by atoms with Crippen molar-refractivity contribution in [2.45, 2.75) is 35.5 Å². The van der Waals surface area contributed by atoms with Crippen LogP contribution in [0.25, 0.3) is 0 Å². The van der Waals surface area contributed by atoms with E-state index in [4.69, 9.17) is 4.74 Å². The van der Waals surface area contributed by atoms with Crippen LogP contribution in [0.5, 0.6) is 0 Å². The zero-order valence-electron chi connectivity index (χ0n) is 21.6. The zero-order valence-corrected chi connectivity index (χ0v) is 22.4. The maximum Gasteiger partial charge on any atom is 0.305 e. The van der Waals surface area contributed by atoms with Gasteiger partial charge < -0.3 is 14.5 Å². The van der Waals surface area contributed by atoms with Crippen LogP contribution in [0.2, 0.25) is 0 Å². The molecule has 3 aromatic rings. The number of esters is 1. The highest BCUT2D eigenvalue weighted by molar-refractivity contribution is 7.99. The SMILES string of the molecule is O=C(CCCc1ccccc1)OCCN1CCN(CCCN2c3ccccc3Sc3ccccc32)CC1. The molecule has 2 aliphatic rings. The number of para-hydroxylation sites is 2. The molecule has 0 aliphatic carbocycles. The van der Waals surface area contributed by atoms with Crippen molar-refractivity contribution in [3.8, 4) is 0 Å². The minimum absolute atomic E-state index is 0.0752. The van der Waals surface area contributed by atoms with E-state index in [-0.39, 0.29) is 5.97 Å². The summed E-state index contributed by atoms with van der Waals surface area (Å²) in [6, 6.07) is 27.8. The summed E-state index contributed by atoms with van der Waals surface area (Å²) in [7, 11) is 0. The predicted molar refractivity (Wildman–Crippen MR) is 152 cm³/mol. The van der Waals surface area contributed by atoms with Crippen molar-refractivity contribution in [2.24, 2.45) is 0 Å². The van der Waals surface area contributed by atoms with Gasteiger partial charge in [0.15, 0.2) is 0 Å². The largest absolute Gasteiger partial charge is 0.464 e. The van der Waals surface area contributed by atoms with Gasteiger partial charge in [-0.25, -0.2) is 0 Å². The number of piperazine rings is 1. The van der Waals surface area contributed by atoms with Crippen LogP contribution in [0, 0.1) is 0 Å². The van der Waals surface area contributed by atoms with Crippen LogP contribution in [0.3, 0.4) is 0 Å². The normalized spacial score (nSPS) is 15.7. The first kappa shape index (κ1) is 25.8. The molecule has 0 N–H and O–H groups in total. The summed E-state index contributed by atoms with van der Waals surface area (Å²) in [5.41, 5.74) is 3.92. The molecule has 0 unspecified atom stereocenters. The molecule has 2 heterocycles. The van der Waals surface area contributed by atoms with Gasteiger partial charge in [-0.05, 0) is 55.6 Å². The summed E-state index contributed by atoms with van der Waals surface area (Å²) in [5, 5.41) is 0. The molecule has 5 rings (SSSR count). The van der Waals surface area contributed by atoms with Crippen molar-refractivity contribution in [3.05, 3.63) is 84.4 Å². The molecule has 5 nitrogen and oxygen atoms in total. The first-order valence-electron chi connectivity index (χ1n) is 13.5. The lowest BCUT2D eigenvalue weighted by Crippen LogP contribution is -2.47. The highest BCUT2D eigenvalue weighted by Crippen LogP contribution is 2.47. The van der Waals surface area contributed by atoms with Gasteiger partial charge in [0.25, 0.3) is 0 Å². The molecule has 0 spiro atoms. The number of nitrogens with zero attached hydrogens (tertiary/aromatic N) is 3. The van der Waals surface area contributed by atoms with Gasteiger partial charge in [-0.2, -0.15) is 0 Å². The standard InChI is InChI=1S/C31H37N3O2S/c35-31(17-8-12-26-10-2-1-3-11-26)36-25-24-33-22-20-32(21-23-33)18-9-19-34-27-13-4-6-15-29(27)37-30-16-7-5-14-28(30)34/h1-7,10-11,13-16H,8-9,12,17-25H2. The molecule has 2 aliphatic heterocycles. The van der Waals surface area contributed by atoms with Crippen molar-refractivity contribution in [1.29, 1.82) is 0 Å². The van der Waals surface area contributed by atoms with E-state index in [1.165, 1.54) is 26.7 Å². The number of aryl methyl sites for hydroxylation is 1. The van der Waals surface area contributed by atoms with Gasteiger partial charge in [-0.15, -0.1) is 0 Å². The first-order chi connectivity index (χ1) is 18.3. The monoisotopic (exact) mass is 515 g/mol. The van der Waals surface area contributed by atoms with Crippen molar-refractivity contribution >= 4 is 29.1 Å². The fourth-order valence-electron chi connectivity index (χ4n) is 5.15. The predicted octanol–water partition coefficient (Wildman–Crippen LogP) is 5.86. The Morgan fingerprint density at radius 3 is 1.97 bits per heavy atom. The van der Waals surface area contributed by atoms with E-state index in [2.05, 4.69) is 75.4 Å². The number of fused-ring (bicyclic) bond motifs is 2. The summed E-state index contributed by atoms with van der Waals surface area (Å²) < 4.78 is 5.50. The summed E-state index contributed by atoms with van der Waals surface area (Å²) in [4.78, 5) is 22.2. The number of hydrogen-bond donors (Lipinski definition) is 0. The number of carbonyl (C=O) groups excluding carboxylic acids is 1. The Labute approximate surface area is 225 Å². The smallest absolute Gasteiger partial charge is 0.305 e. The molecule has 0 aromatic heterocycles. The van der Waals surface area contributed by atoms with Crippen LogP contribution < -0.4 is 4.90 Å². The van der Waals surface area contributed by atoms with Crippen LogP contribution in [0.4, 0.5) is 11.4 Å². The molecule has 37 heavy (non-hydrogen) atoms. The lowest BCUT2D eigenvalue weighted by atomic mass is 10.1. The summed E-state index contributed by atoms with van der Waals surface area (Å²) >= 11 is 1.87. The quantitative estimate of drug-likeness (QED) is 0.298. The highest BCUT2D eigenvalue weighted by atomic mass is 32.2. The van der Waals surface area contributed by atoms with E-state index in [1.54, 1.807) is 0 Å². The number of hydrogen-bond acceptors (Lipinski definition) is 6. The molecular weight excluding hydrogens is 478 g/mol. The lowest BCUT2D eigenvalue weighted by molar-refractivity contribution is -0.144. The number of benzene rings is 3. The Morgan fingerprint density at radius 2 is 1.30 bits per heavy atom. The van der Waals surface area contributed by atoms with Crippen molar-refractivity contribution in [1.82, 2.24) is 9.80 Å². The van der Waals surface area contributed by atoms with Crippen LogP contribution in [-0.2, 0) is 16.0 Å². The summed E-state index contributed by atoms with van der Waals surface area (Å²) in [6.45, 7) is 7.69. The first-order valence-corrected chi connectivity index (χ1v) is 14.4. The second kappa shape index (κ2) is 13.1. The second-order valence-electron chi connectivity index (χ2n) is 9.79. The number of anilines is 2. The van der Waals surface area contributed by atoms with E-state index in [9.17, 15) is 4.79 Å². The number of carbonyl (C=O) groups is 1. The van der Waals surface area contributed by atoms with Gasteiger partial charge in [0.05, 0.1) is 11.4 Å². The Kier molecular flexibility index (Phi) is 9.17. The average molecular weight is 516 g/mol. The van der Waals surface area contributed by atoms with Crippen LogP contribution in [-0.4, -0.2) is 68.2 Å². The summed E-state index contributed by atoms with van der Waals surface area (Å²) in [5.74, 6) is -0.0752. The zero-order chi connectivity index (χ0) is 25.3. The Hall–Kier alpha value is -2.80. The summed E-state index contributed by atoms with van der Waals surface area (Å²) in [6.07, 6.45) is 3.39. The third-order valence-corrected chi connectivity index (χ3v) is 8.34. The number of ether oxygens (including phenoxy) is 1. The molecule has 1 fully saturated rings.